The first-order valence-electron chi connectivity index (χ1n) is 9.08. The van der Waals surface area contributed by atoms with E-state index in [0.29, 0.717) is 12.8 Å². The zero-order valence-electron chi connectivity index (χ0n) is 16.0. The van der Waals surface area contributed by atoms with Gasteiger partial charge in [-0.05, 0) is 30.9 Å². The van der Waals surface area contributed by atoms with Gasteiger partial charge < -0.3 is 10.3 Å². The van der Waals surface area contributed by atoms with Gasteiger partial charge in [0, 0.05) is 42.5 Å². The van der Waals surface area contributed by atoms with E-state index in [4.69, 9.17) is 4.84 Å². The zero-order chi connectivity index (χ0) is 19.1. The molecule has 1 unspecified atom stereocenters. The molecule has 0 fully saturated rings. The molecule has 0 aliphatic heterocycles. The number of hydrogen-bond donors (Lipinski definition) is 2. The van der Waals surface area contributed by atoms with Gasteiger partial charge in [0.05, 0.1) is 7.11 Å². The van der Waals surface area contributed by atoms with E-state index in [1.165, 1.54) is 23.1 Å². The lowest BCUT2D eigenvalue weighted by atomic mass is 9.99. The Morgan fingerprint density at radius 3 is 2.69 bits per heavy atom. The van der Waals surface area contributed by atoms with Crippen molar-refractivity contribution in [1.82, 2.24) is 15.4 Å². The minimum atomic E-state index is -0.0678. The van der Waals surface area contributed by atoms with Gasteiger partial charge in [-0.1, -0.05) is 32.0 Å². The maximum absolute atomic E-state index is 12.2. The maximum atomic E-state index is 12.2. The average Bonchev–Trinajstić information content (AvgIpc) is 3.03. The largest absolute Gasteiger partial charge is 0.361 e. The molecule has 6 heteroatoms. The first-order chi connectivity index (χ1) is 12.4. The summed E-state index contributed by atoms with van der Waals surface area (Å²) >= 11 is 0. The summed E-state index contributed by atoms with van der Waals surface area (Å²) in [5.74, 6) is -0.0922. The van der Waals surface area contributed by atoms with E-state index in [2.05, 4.69) is 16.4 Å². The fourth-order valence-electron chi connectivity index (χ4n) is 2.92. The number of nitrogens with zero attached hydrogens (tertiary/aromatic N) is 1. The molecular formula is C20H29N3O3. The van der Waals surface area contributed by atoms with E-state index in [-0.39, 0.29) is 23.8 Å². The molecule has 1 atom stereocenters. The van der Waals surface area contributed by atoms with Gasteiger partial charge >= 0.3 is 0 Å². The molecule has 1 heterocycles. The summed E-state index contributed by atoms with van der Waals surface area (Å²) in [4.78, 5) is 32.3. The number of amides is 2. The molecule has 26 heavy (non-hydrogen) atoms. The number of aromatic amines is 1. The van der Waals surface area contributed by atoms with Gasteiger partial charge in [-0.2, -0.15) is 0 Å². The topological polar surface area (TPSA) is 74.4 Å². The van der Waals surface area contributed by atoms with Crippen LogP contribution in [0.3, 0.4) is 0 Å². The predicted octanol–water partition coefficient (Wildman–Crippen LogP) is 3.04. The molecule has 0 spiro atoms. The molecule has 0 radical (unpaired) electrons. The number of hydroxylamine groups is 2. The van der Waals surface area contributed by atoms with Crippen LogP contribution in [0, 0.1) is 5.92 Å². The lowest BCUT2D eigenvalue weighted by Gasteiger charge is -2.20. The molecule has 142 valence electrons. The number of carbonyl (C=O) groups is 2. The van der Waals surface area contributed by atoms with Crippen LogP contribution < -0.4 is 5.32 Å². The van der Waals surface area contributed by atoms with Crippen LogP contribution in [0.5, 0.6) is 0 Å². The number of nitrogens with one attached hydrogen (secondary N) is 2. The molecule has 0 saturated heterocycles. The molecule has 2 rings (SSSR count). The normalized spacial score (nSPS) is 12.3. The van der Waals surface area contributed by atoms with Crippen molar-refractivity contribution in [1.29, 1.82) is 0 Å². The average molecular weight is 359 g/mol. The van der Waals surface area contributed by atoms with Gasteiger partial charge in [0.25, 0.3) is 0 Å². The van der Waals surface area contributed by atoms with E-state index < -0.39 is 0 Å². The monoisotopic (exact) mass is 359 g/mol. The Balaban J connectivity index is 2.03. The van der Waals surface area contributed by atoms with Gasteiger partial charge in [-0.3, -0.25) is 14.4 Å². The highest BCUT2D eigenvalue weighted by atomic mass is 16.7. The van der Waals surface area contributed by atoms with E-state index in [0.717, 1.165) is 18.4 Å². The number of carbonyl (C=O) groups excluding carboxylic acids is 2. The van der Waals surface area contributed by atoms with Crippen LogP contribution in [0.1, 0.15) is 38.7 Å². The molecule has 2 aromatic rings. The van der Waals surface area contributed by atoms with Crippen LogP contribution in [0.2, 0.25) is 0 Å². The highest BCUT2D eigenvalue weighted by molar-refractivity contribution is 5.83. The summed E-state index contributed by atoms with van der Waals surface area (Å²) in [6, 6.07) is 8.13. The second-order valence-corrected chi connectivity index (χ2v) is 6.89. The van der Waals surface area contributed by atoms with E-state index in [1.54, 1.807) is 7.05 Å². The van der Waals surface area contributed by atoms with Gasteiger partial charge in [-0.25, -0.2) is 5.06 Å². The molecule has 2 amide bonds. The van der Waals surface area contributed by atoms with Crippen molar-refractivity contribution in [2.24, 2.45) is 5.92 Å². The third-order valence-corrected chi connectivity index (χ3v) is 4.58. The van der Waals surface area contributed by atoms with Crippen LogP contribution in [0.25, 0.3) is 10.9 Å². The summed E-state index contributed by atoms with van der Waals surface area (Å²) in [7, 11) is 3.08. The summed E-state index contributed by atoms with van der Waals surface area (Å²) in [6.07, 6.45) is 4.56. The standard InChI is InChI=1S/C20H29N3O3/c1-14(2)20(25)22-16(8-7-11-19(24)23(3)26-4)12-15-13-21-18-10-6-5-9-17(15)18/h5-6,9-10,13-14,16,21H,7-8,11-12H2,1-4H3,(H,22,25). The summed E-state index contributed by atoms with van der Waals surface area (Å²) in [5.41, 5.74) is 2.27. The fourth-order valence-corrected chi connectivity index (χ4v) is 2.92. The van der Waals surface area contributed by atoms with Crippen molar-refractivity contribution >= 4 is 22.7 Å². The Bertz CT molecular complexity index is 739. The first kappa shape index (κ1) is 20.0. The van der Waals surface area contributed by atoms with Crippen LogP contribution in [0.4, 0.5) is 0 Å². The highest BCUT2D eigenvalue weighted by Gasteiger charge is 2.18. The van der Waals surface area contributed by atoms with Crippen molar-refractivity contribution < 1.29 is 14.4 Å². The van der Waals surface area contributed by atoms with Crippen molar-refractivity contribution in [2.45, 2.75) is 45.6 Å². The maximum Gasteiger partial charge on any atom is 0.245 e. The first-order valence-corrected chi connectivity index (χ1v) is 9.08. The fraction of sp³-hybridized carbons (Fsp3) is 0.500. The lowest BCUT2D eigenvalue weighted by molar-refractivity contribution is -0.168. The number of hydrogen-bond acceptors (Lipinski definition) is 3. The zero-order valence-corrected chi connectivity index (χ0v) is 16.0. The molecule has 0 aliphatic carbocycles. The van der Waals surface area contributed by atoms with Crippen molar-refractivity contribution in [3.05, 3.63) is 36.0 Å². The third kappa shape index (κ3) is 5.33. The number of fused-ring (bicyclic) bond motifs is 1. The van der Waals surface area contributed by atoms with Crippen LogP contribution in [0.15, 0.2) is 30.5 Å². The second-order valence-electron chi connectivity index (χ2n) is 6.89. The minimum Gasteiger partial charge on any atom is -0.361 e. The SMILES string of the molecule is CON(C)C(=O)CCCC(Cc1c[nH]c2ccccc12)NC(=O)C(C)C. The third-order valence-electron chi connectivity index (χ3n) is 4.58. The molecule has 1 aromatic carbocycles. The molecule has 1 aromatic heterocycles. The Morgan fingerprint density at radius 1 is 1.27 bits per heavy atom. The predicted molar refractivity (Wildman–Crippen MR) is 102 cm³/mol. The van der Waals surface area contributed by atoms with Gasteiger partial charge in [0.2, 0.25) is 11.8 Å². The number of rotatable bonds is 9. The number of benzene rings is 1. The van der Waals surface area contributed by atoms with Crippen molar-refractivity contribution in [3.63, 3.8) is 0 Å². The van der Waals surface area contributed by atoms with Crippen molar-refractivity contribution in [3.8, 4) is 0 Å². The Hall–Kier alpha value is -2.34. The Labute approximate surface area is 154 Å². The summed E-state index contributed by atoms with van der Waals surface area (Å²) in [6.45, 7) is 3.77. The molecule has 6 nitrogen and oxygen atoms in total. The number of para-hydroxylation sites is 1. The summed E-state index contributed by atoms with van der Waals surface area (Å²) in [5, 5.41) is 5.54. The molecular weight excluding hydrogens is 330 g/mol. The minimum absolute atomic E-state index is 0.00948. The van der Waals surface area contributed by atoms with E-state index >= 15 is 0 Å². The molecule has 2 N–H and O–H groups in total. The second kappa shape index (κ2) is 9.38. The molecule has 0 aliphatic rings. The van der Waals surface area contributed by atoms with Crippen molar-refractivity contribution in [2.75, 3.05) is 14.2 Å². The van der Waals surface area contributed by atoms with Gasteiger partial charge in [-0.15, -0.1) is 0 Å². The smallest absolute Gasteiger partial charge is 0.245 e. The summed E-state index contributed by atoms with van der Waals surface area (Å²) < 4.78 is 0. The van der Waals surface area contributed by atoms with E-state index in [9.17, 15) is 9.59 Å². The molecule has 0 bridgehead atoms. The highest BCUT2D eigenvalue weighted by Crippen LogP contribution is 2.20. The van der Waals surface area contributed by atoms with Crippen LogP contribution in [-0.4, -0.2) is 42.1 Å². The number of aromatic nitrogens is 1. The lowest BCUT2D eigenvalue weighted by Crippen LogP contribution is -2.39. The quantitative estimate of drug-likeness (QED) is 0.676. The Kier molecular flexibility index (Phi) is 7.21. The Morgan fingerprint density at radius 2 is 2.00 bits per heavy atom. The van der Waals surface area contributed by atoms with Crippen LogP contribution >= 0.6 is 0 Å². The molecule has 0 saturated carbocycles. The van der Waals surface area contributed by atoms with Gasteiger partial charge in [0.1, 0.15) is 0 Å². The number of H-pyrrole nitrogens is 1. The van der Waals surface area contributed by atoms with Crippen LogP contribution in [-0.2, 0) is 20.8 Å². The van der Waals surface area contributed by atoms with Gasteiger partial charge in [0.15, 0.2) is 0 Å². The van der Waals surface area contributed by atoms with E-state index in [1.807, 2.05) is 38.2 Å².